The SMILES string of the molecule is Clc1ccc([C@H]2Oc3ccccc3[C@@H]3CC(c4cccc5ccccc45)=NN23)cc1. The van der Waals surface area contributed by atoms with Gasteiger partial charge < -0.3 is 4.74 Å². The van der Waals surface area contributed by atoms with Crippen LogP contribution < -0.4 is 4.74 Å². The van der Waals surface area contributed by atoms with Crippen molar-refractivity contribution in [1.82, 2.24) is 5.01 Å². The molecule has 0 saturated carbocycles. The van der Waals surface area contributed by atoms with Crippen molar-refractivity contribution in [3.63, 3.8) is 0 Å². The lowest BCUT2D eigenvalue weighted by Crippen LogP contribution is -2.33. The lowest BCUT2D eigenvalue weighted by Gasteiger charge is -2.38. The van der Waals surface area contributed by atoms with Crippen molar-refractivity contribution in [1.29, 1.82) is 0 Å². The van der Waals surface area contributed by atoms with E-state index in [2.05, 4.69) is 59.6 Å². The van der Waals surface area contributed by atoms with Crippen molar-refractivity contribution in [2.24, 2.45) is 5.10 Å². The molecule has 0 aromatic heterocycles. The quantitative estimate of drug-likeness (QED) is 0.365. The van der Waals surface area contributed by atoms with Gasteiger partial charge in [-0.05, 0) is 29.0 Å². The Morgan fingerprint density at radius 2 is 1.60 bits per heavy atom. The second kappa shape index (κ2) is 6.89. The molecule has 6 rings (SSSR count). The highest BCUT2D eigenvalue weighted by atomic mass is 35.5. The predicted octanol–water partition coefficient (Wildman–Crippen LogP) is 6.74. The monoisotopic (exact) mass is 410 g/mol. The number of fused-ring (bicyclic) bond motifs is 4. The van der Waals surface area contributed by atoms with Crippen molar-refractivity contribution in [3.05, 3.63) is 113 Å². The molecule has 0 bridgehead atoms. The van der Waals surface area contributed by atoms with Crippen LogP contribution >= 0.6 is 11.6 Å². The van der Waals surface area contributed by atoms with Gasteiger partial charge in [-0.15, -0.1) is 0 Å². The van der Waals surface area contributed by atoms with Gasteiger partial charge in [0.15, 0.2) is 0 Å². The summed E-state index contributed by atoms with van der Waals surface area (Å²) in [5.41, 5.74) is 4.51. The first-order chi connectivity index (χ1) is 14.8. The van der Waals surface area contributed by atoms with Crippen LogP contribution in [0.2, 0.25) is 5.02 Å². The van der Waals surface area contributed by atoms with Crippen LogP contribution in [0.1, 0.15) is 35.4 Å². The average Bonchev–Trinajstić information content (AvgIpc) is 3.24. The Hall–Kier alpha value is -3.30. The standard InChI is InChI=1S/C26H19ClN2O/c27-19-14-12-18(13-15-19)26-29-24(22-9-3-4-11-25(22)30-26)16-23(28-29)21-10-5-7-17-6-1-2-8-20(17)21/h1-15,24,26H,16H2/t24-,26+/m0/s1. The van der Waals surface area contributed by atoms with Gasteiger partial charge in [0.25, 0.3) is 0 Å². The summed E-state index contributed by atoms with van der Waals surface area (Å²) in [6, 6.07) is 31.2. The van der Waals surface area contributed by atoms with E-state index in [1.54, 1.807) is 0 Å². The maximum Gasteiger partial charge on any atom is 0.213 e. The first-order valence-electron chi connectivity index (χ1n) is 10.1. The molecular formula is C26H19ClN2O. The largest absolute Gasteiger partial charge is 0.464 e. The number of hydrazone groups is 1. The number of hydrogen-bond donors (Lipinski definition) is 0. The molecule has 4 aromatic carbocycles. The highest BCUT2D eigenvalue weighted by Gasteiger charge is 2.41. The van der Waals surface area contributed by atoms with Crippen molar-refractivity contribution >= 4 is 28.1 Å². The molecule has 2 atom stereocenters. The van der Waals surface area contributed by atoms with Crippen molar-refractivity contribution < 1.29 is 4.74 Å². The zero-order valence-corrected chi connectivity index (χ0v) is 17.0. The first-order valence-corrected chi connectivity index (χ1v) is 10.5. The average molecular weight is 411 g/mol. The van der Waals surface area contributed by atoms with Crippen LogP contribution in [0.4, 0.5) is 0 Å². The molecule has 0 unspecified atom stereocenters. The molecule has 30 heavy (non-hydrogen) atoms. The third kappa shape index (κ3) is 2.78. The Morgan fingerprint density at radius 1 is 0.833 bits per heavy atom. The zero-order valence-electron chi connectivity index (χ0n) is 16.2. The van der Waals surface area contributed by atoms with Gasteiger partial charge >= 0.3 is 0 Å². The van der Waals surface area contributed by atoms with Crippen molar-refractivity contribution in [3.8, 4) is 5.75 Å². The molecule has 0 N–H and O–H groups in total. The first kappa shape index (κ1) is 17.5. The molecule has 3 nitrogen and oxygen atoms in total. The van der Waals surface area contributed by atoms with Crippen LogP contribution in [0.3, 0.4) is 0 Å². The molecule has 4 heteroatoms. The number of benzene rings is 4. The summed E-state index contributed by atoms with van der Waals surface area (Å²) in [5.74, 6) is 0.924. The van der Waals surface area contributed by atoms with E-state index in [0.717, 1.165) is 23.4 Å². The van der Waals surface area contributed by atoms with Gasteiger partial charge in [-0.2, -0.15) is 5.10 Å². The van der Waals surface area contributed by atoms with E-state index < -0.39 is 0 Å². The molecular weight excluding hydrogens is 392 g/mol. The zero-order chi connectivity index (χ0) is 20.1. The minimum absolute atomic E-state index is 0.143. The molecule has 0 fully saturated rings. The van der Waals surface area contributed by atoms with Crippen LogP contribution in [-0.2, 0) is 0 Å². The minimum Gasteiger partial charge on any atom is -0.464 e. The molecule has 2 aliphatic heterocycles. The lowest BCUT2D eigenvalue weighted by molar-refractivity contribution is -0.0190. The number of para-hydroxylation sites is 1. The van der Waals surface area contributed by atoms with E-state index in [0.29, 0.717) is 5.02 Å². The van der Waals surface area contributed by atoms with E-state index in [-0.39, 0.29) is 12.3 Å². The van der Waals surface area contributed by atoms with E-state index >= 15 is 0 Å². The van der Waals surface area contributed by atoms with E-state index in [1.807, 2.05) is 36.4 Å². The Kier molecular flexibility index (Phi) is 4.03. The van der Waals surface area contributed by atoms with Crippen LogP contribution in [0, 0.1) is 0 Å². The summed E-state index contributed by atoms with van der Waals surface area (Å²) in [6.45, 7) is 0. The van der Waals surface area contributed by atoms with Crippen LogP contribution in [0.15, 0.2) is 96.1 Å². The predicted molar refractivity (Wildman–Crippen MR) is 121 cm³/mol. The van der Waals surface area contributed by atoms with Gasteiger partial charge in [0, 0.05) is 28.1 Å². The minimum atomic E-state index is -0.283. The van der Waals surface area contributed by atoms with Crippen LogP contribution in [0.5, 0.6) is 5.75 Å². The summed E-state index contributed by atoms with van der Waals surface area (Å²) in [4.78, 5) is 0. The summed E-state index contributed by atoms with van der Waals surface area (Å²) in [7, 11) is 0. The third-order valence-electron chi connectivity index (χ3n) is 5.95. The van der Waals surface area contributed by atoms with Gasteiger partial charge in [0.2, 0.25) is 6.23 Å². The van der Waals surface area contributed by atoms with E-state index in [1.165, 1.54) is 21.9 Å². The number of nitrogens with zero attached hydrogens (tertiary/aromatic N) is 2. The molecule has 2 aliphatic rings. The Bertz CT molecular complexity index is 1280. The number of hydrogen-bond acceptors (Lipinski definition) is 3. The molecule has 0 saturated heterocycles. The van der Waals surface area contributed by atoms with Gasteiger partial charge in [0.05, 0.1) is 11.8 Å². The summed E-state index contributed by atoms with van der Waals surface area (Å²) in [5, 5.41) is 10.4. The lowest BCUT2D eigenvalue weighted by atomic mass is 9.93. The highest BCUT2D eigenvalue weighted by Crippen LogP contribution is 2.47. The fourth-order valence-electron chi connectivity index (χ4n) is 4.52. The van der Waals surface area contributed by atoms with E-state index in [4.69, 9.17) is 21.4 Å². The second-order valence-electron chi connectivity index (χ2n) is 7.73. The normalized spacial score (nSPS) is 19.8. The smallest absolute Gasteiger partial charge is 0.213 e. The highest BCUT2D eigenvalue weighted by molar-refractivity contribution is 6.30. The Balaban J connectivity index is 1.49. The topological polar surface area (TPSA) is 24.8 Å². The molecule has 0 amide bonds. The van der Waals surface area contributed by atoms with E-state index in [9.17, 15) is 0 Å². The second-order valence-corrected chi connectivity index (χ2v) is 8.17. The third-order valence-corrected chi connectivity index (χ3v) is 6.21. The fourth-order valence-corrected chi connectivity index (χ4v) is 4.65. The Labute approximate surface area is 180 Å². The molecule has 0 spiro atoms. The summed E-state index contributed by atoms with van der Waals surface area (Å²) < 4.78 is 6.42. The van der Waals surface area contributed by atoms with Crippen molar-refractivity contribution in [2.45, 2.75) is 18.7 Å². The molecule has 4 aromatic rings. The van der Waals surface area contributed by atoms with Gasteiger partial charge in [-0.25, -0.2) is 5.01 Å². The maximum atomic E-state index is 6.42. The van der Waals surface area contributed by atoms with Crippen molar-refractivity contribution in [2.75, 3.05) is 0 Å². The van der Waals surface area contributed by atoms with Gasteiger partial charge in [-0.3, -0.25) is 0 Å². The number of halogens is 1. The molecule has 146 valence electrons. The summed E-state index contributed by atoms with van der Waals surface area (Å²) in [6.07, 6.45) is 0.563. The number of ether oxygens (including phenoxy) is 1. The fraction of sp³-hybridized carbons (Fsp3) is 0.115. The van der Waals surface area contributed by atoms with Gasteiger partial charge in [-0.1, -0.05) is 84.4 Å². The number of rotatable bonds is 2. The van der Waals surface area contributed by atoms with Gasteiger partial charge in [0.1, 0.15) is 5.75 Å². The van der Waals surface area contributed by atoms with Crippen LogP contribution in [-0.4, -0.2) is 10.7 Å². The molecule has 2 heterocycles. The molecule has 0 aliphatic carbocycles. The Morgan fingerprint density at radius 3 is 2.50 bits per heavy atom. The maximum absolute atomic E-state index is 6.42. The summed E-state index contributed by atoms with van der Waals surface area (Å²) >= 11 is 6.12. The van der Waals surface area contributed by atoms with Crippen LogP contribution in [0.25, 0.3) is 10.8 Å². The molecule has 0 radical (unpaired) electrons.